The zero-order valence-electron chi connectivity index (χ0n) is 25.2. The van der Waals surface area contributed by atoms with Gasteiger partial charge in [-0.3, -0.25) is 13.9 Å². The van der Waals surface area contributed by atoms with Crippen molar-refractivity contribution in [3.05, 3.63) is 83.9 Å². The van der Waals surface area contributed by atoms with Gasteiger partial charge in [0.15, 0.2) is 11.5 Å². The van der Waals surface area contributed by atoms with Gasteiger partial charge in [0.25, 0.3) is 10.0 Å². The number of carbonyl (C=O) groups is 2. The minimum Gasteiger partial charge on any atom is -0.493 e. The van der Waals surface area contributed by atoms with Gasteiger partial charge < -0.3 is 19.7 Å². The highest BCUT2D eigenvalue weighted by atomic mass is 32.2. The van der Waals surface area contributed by atoms with Gasteiger partial charge in [0, 0.05) is 19.2 Å². The third kappa shape index (κ3) is 7.82. The highest BCUT2D eigenvalue weighted by Crippen LogP contribution is 2.32. The van der Waals surface area contributed by atoms with Crippen molar-refractivity contribution in [3.8, 4) is 11.5 Å². The lowest BCUT2D eigenvalue weighted by Crippen LogP contribution is -2.52. The van der Waals surface area contributed by atoms with Gasteiger partial charge in [0.05, 0.1) is 24.8 Å². The summed E-state index contributed by atoms with van der Waals surface area (Å²) in [5.41, 5.74) is 2.15. The molecule has 0 fully saturated rings. The number of amides is 2. The predicted octanol–water partition coefficient (Wildman–Crippen LogP) is 4.79. The molecule has 3 rings (SSSR count). The summed E-state index contributed by atoms with van der Waals surface area (Å²) < 4.78 is 39.9. The summed E-state index contributed by atoms with van der Waals surface area (Å²) >= 11 is 0. The number of benzene rings is 3. The van der Waals surface area contributed by atoms with Crippen molar-refractivity contribution in [3.63, 3.8) is 0 Å². The fourth-order valence-corrected chi connectivity index (χ4v) is 5.97. The summed E-state index contributed by atoms with van der Waals surface area (Å²) in [6.45, 7) is 7.87. The van der Waals surface area contributed by atoms with Crippen molar-refractivity contribution in [2.75, 3.05) is 31.6 Å². The fourth-order valence-electron chi connectivity index (χ4n) is 4.54. The lowest BCUT2D eigenvalue weighted by Gasteiger charge is -2.33. The number of aryl methyl sites for hydroxylation is 1. The van der Waals surface area contributed by atoms with Gasteiger partial charge in [-0.25, -0.2) is 8.42 Å². The van der Waals surface area contributed by atoms with Crippen molar-refractivity contribution >= 4 is 27.5 Å². The van der Waals surface area contributed by atoms with E-state index < -0.39 is 28.5 Å². The summed E-state index contributed by atoms with van der Waals surface area (Å²) in [6.07, 6.45) is 0.356. The van der Waals surface area contributed by atoms with E-state index in [9.17, 15) is 18.0 Å². The van der Waals surface area contributed by atoms with E-state index in [1.807, 2.05) is 52.0 Å². The molecular formula is C32H41N3O6S. The smallest absolute Gasteiger partial charge is 0.264 e. The Labute approximate surface area is 249 Å². The lowest BCUT2D eigenvalue weighted by molar-refractivity contribution is -0.140. The number of hydrogen-bond donors (Lipinski definition) is 1. The number of sulfonamides is 1. The molecule has 2 amide bonds. The summed E-state index contributed by atoms with van der Waals surface area (Å²) in [5.74, 6) is 0.0698. The number of ether oxygens (including phenoxy) is 2. The molecule has 0 aromatic heterocycles. The Bertz CT molecular complexity index is 1460. The van der Waals surface area contributed by atoms with Crippen molar-refractivity contribution in [2.24, 2.45) is 5.92 Å². The van der Waals surface area contributed by atoms with Crippen LogP contribution in [0.5, 0.6) is 11.5 Å². The second-order valence-corrected chi connectivity index (χ2v) is 12.2. The molecule has 42 heavy (non-hydrogen) atoms. The number of methoxy groups -OCH3 is 2. The van der Waals surface area contributed by atoms with E-state index in [0.717, 1.165) is 15.4 Å². The van der Waals surface area contributed by atoms with Crippen LogP contribution in [0.4, 0.5) is 5.69 Å². The van der Waals surface area contributed by atoms with E-state index in [2.05, 4.69) is 5.32 Å². The average molecular weight is 596 g/mol. The molecule has 0 unspecified atom stereocenters. The zero-order valence-corrected chi connectivity index (χ0v) is 26.0. The molecule has 0 bridgehead atoms. The largest absolute Gasteiger partial charge is 0.493 e. The first-order chi connectivity index (χ1) is 20.0. The van der Waals surface area contributed by atoms with E-state index in [1.54, 1.807) is 30.3 Å². The normalized spacial score (nSPS) is 12.0. The molecule has 0 aliphatic heterocycles. The highest BCUT2D eigenvalue weighted by molar-refractivity contribution is 7.92. The second-order valence-electron chi connectivity index (χ2n) is 10.4. The maximum Gasteiger partial charge on any atom is 0.264 e. The minimum absolute atomic E-state index is 0.0658. The van der Waals surface area contributed by atoms with Crippen molar-refractivity contribution in [1.29, 1.82) is 0 Å². The van der Waals surface area contributed by atoms with E-state index in [0.29, 0.717) is 24.4 Å². The third-order valence-electron chi connectivity index (χ3n) is 6.94. The average Bonchev–Trinajstić information content (AvgIpc) is 2.99. The van der Waals surface area contributed by atoms with Crippen molar-refractivity contribution in [2.45, 2.75) is 51.6 Å². The van der Waals surface area contributed by atoms with Crippen molar-refractivity contribution in [1.82, 2.24) is 10.2 Å². The van der Waals surface area contributed by atoms with Gasteiger partial charge in [0.1, 0.15) is 12.6 Å². The number of para-hydroxylation sites is 1. The van der Waals surface area contributed by atoms with Crippen LogP contribution < -0.4 is 19.1 Å². The molecule has 0 radical (unpaired) electrons. The van der Waals surface area contributed by atoms with E-state index in [-0.39, 0.29) is 29.0 Å². The number of rotatable bonds is 14. The summed E-state index contributed by atoms with van der Waals surface area (Å²) in [6, 6.07) is 19.6. The Hall–Kier alpha value is -4.05. The Morgan fingerprint density at radius 2 is 1.55 bits per heavy atom. The number of anilines is 1. The SMILES string of the molecule is CC[C@H](C(=O)NCC(C)C)N(Cc1ccccc1C)C(=O)CN(c1ccccc1)S(=O)(=O)c1ccc(OC)c(OC)c1. The first-order valence-corrected chi connectivity index (χ1v) is 15.4. The van der Waals surface area contributed by atoms with Crippen LogP contribution in [0.25, 0.3) is 0 Å². The standard InChI is InChI=1S/C32H41N3O6S/c1-7-28(32(37)33-20-23(2)3)34(21-25-14-12-11-13-24(25)4)31(36)22-35(26-15-9-8-10-16-26)42(38,39)27-17-18-29(40-5)30(19-27)41-6/h8-19,23,28H,7,20-22H2,1-6H3,(H,33,37)/t28-/m1/s1. The van der Waals surface area contributed by atoms with E-state index >= 15 is 0 Å². The molecule has 3 aromatic rings. The molecule has 3 aromatic carbocycles. The molecule has 226 valence electrons. The Kier molecular flexibility index (Phi) is 11.4. The van der Waals surface area contributed by atoms with Crippen LogP contribution in [0, 0.1) is 12.8 Å². The van der Waals surface area contributed by atoms with Gasteiger partial charge >= 0.3 is 0 Å². The van der Waals surface area contributed by atoms with Gasteiger partial charge in [-0.2, -0.15) is 0 Å². The predicted molar refractivity (Wildman–Crippen MR) is 164 cm³/mol. The zero-order chi connectivity index (χ0) is 30.9. The maximum atomic E-state index is 14.2. The van der Waals surface area contributed by atoms with Crippen LogP contribution in [0.15, 0.2) is 77.7 Å². The van der Waals surface area contributed by atoms with Crippen molar-refractivity contribution < 1.29 is 27.5 Å². The second kappa shape index (κ2) is 14.7. The number of nitrogens with zero attached hydrogens (tertiary/aromatic N) is 2. The van der Waals surface area contributed by atoms with Crippen LogP contribution in [-0.2, 0) is 26.2 Å². The fraction of sp³-hybridized carbons (Fsp3) is 0.375. The molecule has 10 heteroatoms. The molecular weight excluding hydrogens is 554 g/mol. The topological polar surface area (TPSA) is 105 Å². The molecule has 0 aliphatic carbocycles. The van der Waals surface area contributed by atoms with Gasteiger partial charge in [-0.05, 0) is 54.7 Å². The molecule has 0 saturated carbocycles. The molecule has 0 heterocycles. The van der Waals surface area contributed by atoms with Crippen LogP contribution in [0.3, 0.4) is 0 Å². The molecule has 9 nitrogen and oxygen atoms in total. The monoisotopic (exact) mass is 595 g/mol. The Morgan fingerprint density at radius 3 is 2.14 bits per heavy atom. The van der Waals surface area contributed by atoms with Crippen LogP contribution in [0.1, 0.15) is 38.3 Å². The molecule has 0 spiro atoms. The van der Waals surface area contributed by atoms with Gasteiger partial charge in [-0.15, -0.1) is 0 Å². The van der Waals surface area contributed by atoms with Gasteiger partial charge in [0.2, 0.25) is 11.8 Å². The maximum absolute atomic E-state index is 14.2. The molecule has 1 atom stereocenters. The third-order valence-corrected chi connectivity index (χ3v) is 8.71. The molecule has 0 aliphatic rings. The van der Waals surface area contributed by atoms with Crippen LogP contribution in [0.2, 0.25) is 0 Å². The molecule has 0 saturated heterocycles. The van der Waals surface area contributed by atoms with E-state index in [1.165, 1.54) is 37.3 Å². The Balaban J connectivity index is 2.07. The highest BCUT2D eigenvalue weighted by Gasteiger charge is 2.34. The first kappa shape index (κ1) is 32.5. The Morgan fingerprint density at radius 1 is 0.905 bits per heavy atom. The van der Waals surface area contributed by atoms with Crippen LogP contribution >= 0.6 is 0 Å². The first-order valence-electron chi connectivity index (χ1n) is 13.9. The number of hydrogen-bond acceptors (Lipinski definition) is 6. The number of nitrogens with one attached hydrogen (secondary N) is 1. The summed E-state index contributed by atoms with van der Waals surface area (Å²) in [4.78, 5) is 28.9. The summed E-state index contributed by atoms with van der Waals surface area (Å²) in [5, 5.41) is 2.94. The summed E-state index contributed by atoms with van der Waals surface area (Å²) in [7, 11) is -1.36. The quantitative estimate of drug-likeness (QED) is 0.288. The van der Waals surface area contributed by atoms with Gasteiger partial charge in [-0.1, -0.05) is 63.2 Å². The lowest BCUT2D eigenvalue weighted by atomic mass is 10.1. The number of carbonyl (C=O) groups excluding carboxylic acids is 2. The van der Waals surface area contributed by atoms with Crippen LogP contribution in [-0.4, -0.2) is 58.5 Å². The molecule has 1 N–H and O–H groups in total. The van der Waals surface area contributed by atoms with E-state index in [4.69, 9.17) is 9.47 Å². The minimum atomic E-state index is -4.25.